The molecule has 0 radical (unpaired) electrons. The third-order valence-electron chi connectivity index (χ3n) is 1.72. The Hall–Kier alpha value is -0.120. The largest absolute Gasteiger partial charge is 0.377 e. The van der Waals surface area contributed by atoms with E-state index in [4.69, 9.17) is 10.8 Å². The van der Waals surface area contributed by atoms with Crippen molar-refractivity contribution in [1.82, 2.24) is 5.32 Å². The van der Waals surface area contributed by atoms with Crippen molar-refractivity contribution in [2.24, 2.45) is 5.73 Å². The fourth-order valence-electron chi connectivity index (χ4n) is 1.06. The number of aliphatic hydroxyl groups excluding tert-OH is 1. The van der Waals surface area contributed by atoms with Crippen LogP contribution in [0.15, 0.2) is 0 Å². The van der Waals surface area contributed by atoms with Crippen LogP contribution in [0.5, 0.6) is 0 Å². The van der Waals surface area contributed by atoms with Gasteiger partial charge in [0.1, 0.15) is 6.23 Å². The summed E-state index contributed by atoms with van der Waals surface area (Å²) >= 11 is 0. The van der Waals surface area contributed by atoms with Gasteiger partial charge in [0.2, 0.25) is 0 Å². The second-order valence-electron chi connectivity index (χ2n) is 2.56. The Morgan fingerprint density at radius 2 is 2.22 bits per heavy atom. The van der Waals surface area contributed by atoms with Crippen LogP contribution in [-0.4, -0.2) is 23.9 Å². The molecule has 1 aliphatic heterocycles. The van der Waals surface area contributed by atoms with Crippen molar-refractivity contribution in [3.05, 3.63) is 0 Å². The van der Waals surface area contributed by atoms with Gasteiger partial charge in [-0.1, -0.05) is 6.42 Å². The van der Waals surface area contributed by atoms with Gasteiger partial charge < -0.3 is 10.8 Å². The lowest BCUT2D eigenvalue weighted by atomic mass is 10.1. The molecule has 4 N–H and O–H groups in total. The highest BCUT2D eigenvalue weighted by molar-refractivity contribution is 4.73. The molecule has 0 bridgehead atoms. The molecule has 54 valence electrons. The van der Waals surface area contributed by atoms with Gasteiger partial charge in [-0.15, -0.1) is 0 Å². The Kier molecular flexibility index (Phi) is 2.45. The molecule has 0 saturated carbocycles. The van der Waals surface area contributed by atoms with E-state index >= 15 is 0 Å². The molecule has 1 heterocycles. The molecule has 3 nitrogen and oxygen atoms in total. The first kappa shape index (κ1) is 6.99. The van der Waals surface area contributed by atoms with Gasteiger partial charge in [-0.3, -0.25) is 5.32 Å². The van der Waals surface area contributed by atoms with Crippen LogP contribution in [0.4, 0.5) is 0 Å². The molecule has 0 aromatic rings. The lowest BCUT2D eigenvalue weighted by Crippen LogP contribution is -2.43. The fourth-order valence-corrected chi connectivity index (χ4v) is 1.06. The van der Waals surface area contributed by atoms with Crippen LogP contribution in [0.1, 0.15) is 19.3 Å². The highest BCUT2D eigenvalue weighted by Crippen LogP contribution is 2.04. The van der Waals surface area contributed by atoms with Crippen molar-refractivity contribution in [2.75, 3.05) is 6.54 Å². The molecule has 2 atom stereocenters. The van der Waals surface area contributed by atoms with E-state index in [9.17, 15) is 0 Å². The van der Waals surface area contributed by atoms with E-state index in [-0.39, 0.29) is 6.04 Å². The van der Waals surface area contributed by atoms with E-state index < -0.39 is 6.23 Å². The SMILES string of the molecule is N[C@@H]1CCCCNC1O. The summed E-state index contributed by atoms with van der Waals surface area (Å²) < 4.78 is 0. The van der Waals surface area contributed by atoms with Gasteiger partial charge in [-0.25, -0.2) is 0 Å². The molecule has 1 unspecified atom stereocenters. The summed E-state index contributed by atoms with van der Waals surface area (Å²) in [5, 5.41) is 12.0. The molecule has 3 heteroatoms. The van der Waals surface area contributed by atoms with Crippen LogP contribution >= 0.6 is 0 Å². The van der Waals surface area contributed by atoms with E-state index in [1.807, 2.05) is 0 Å². The van der Waals surface area contributed by atoms with Crippen LogP contribution < -0.4 is 11.1 Å². The minimum absolute atomic E-state index is 0.0625. The Labute approximate surface area is 55.2 Å². The van der Waals surface area contributed by atoms with Crippen molar-refractivity contribution < 1.29 is 5.11 Å². The Morgan fingerprint density at radius 3 is 3.00 bits per heavy atom. The van der Waals surface area contributed by atoms with Crippen LogP contribution in [0.2, 0.25) is 0 Å². The summed E-state index contributed by atoms with van der Waals surface area (Å²) in [6.45, 7) is 0.898. The summed E-state index contributed by atoms with van der Waals surface area (Å²) in [7, 11) is 0. The summed E-state index contributed by atoms with van der Waals surface area (Å²) in [6, 6.07) is -0.0625. The number of hydrogen-bond donors (Lipinski definition) is 3. The van der Waals surface area contributed by atoms with Crippen molar-refractivity contribution in [2.45, 2.75) is 31.5 Å². The average Bonchev–Trinajstić information content (AvgIpc) is 1.99. The molecule has 0 spiro atoms. The van der Waals surface area contributed by atoms with Crippen molar-refractivity contribution >= 4 is 0 Å². The first-order chi connectivity index (χ1) is 4.30. The third kappa shape index (κ3) is 1.93. The van der Waals surface area contributed by atoms with Crippen molar-refractivity contribution in [1.29, 1.82) is 0 Å². The lowest BCUT2D eigenvalue weighted by Gasteiger charge is -2.14. The number of nitrogens with one attached hydrogen (secondary N) is 1. The molecule has 0 aromatic carbocycles. The van der Waals surface area contributed by atoms with Crippen molar-refractivity contribution in [3.8, 4) is 0 Å². The molecular formula is C6H14N2O. The monoisotopic (exact) mass is 130 g/mol. The predicted molar refractivity (Wildman–Crippen MR) is 35.8 cm³/mol. The number of aliphatic hydroxyl groups is 1. The number of hydrogen-bond acceptors (Lipinski definition) is 3. The van der Waals surface area contributed by atoms with Crippen LogP contribution in [0.25, 0.3) is 0 Å². The minimum atomic E-state index is -0.479. The molecule has 0 aromatic heterocycles. The van der Waals surface area contributed by atoms with Gasteiger partial charge in [0, 0.05) is 6.04 Å². The lowest BCUT2D eigenvalue weighted by molar-refractivity contribution is 0.114. The van der Waals surface area contributed by atoms with Gasteiger partial charge in [-0.2, -0.15) is 0 Å². The van der Waals surface area contributed by atoms with Gasteiger partial charge in [-0.05, 0) is 19.4 Å². The maximum atomic E-state index is 9.12. The second kappa shape index (κ2) is 3.15. The molecular weight excluding hydrogens is 116 g/mol. The Bertz CT molecular complexity index is 77.1. The topological polar surface area (TPSA) is 58.3 Å². The molecule has 0 amide bonds. The molecule has 1 rings (SSSR count). The van der Waals surface area contributed by atoms with Gasteiger partial charge in [0.05, 0.1) is 0 Å². The van der Waals surface area contributed by atoms with Crippen LogP contribution in [-0.2, 0) is 0 Å². The van der Waals surface area contributed by atoms with Gasteiger partial charge in [0.25, 0.3) is 0 Å². The smallest absolute Gasteiger partial charge is 0.120 e. The molecule has 1 fully saturated rings. The van der Waals surface area contributed by atoms with E-state index in [2.05, 4.69) is 5.32 Å². The van der Waals surface area contributed by atoms with E-state index in [1.165, 1.54) is 0 Å². The predicted octanol–water partition coefficient (Wildman–Crippen LogP) is -0.594. The van der Waals surface area contributed by atoms with Gasteiger partial charge >= 0.3 is 0 Å². The minimum Gasteiger partial charge on any atom is -0.377 e. The Morgan fingerprint density at radius 1 is 1.44 bits per heavy atom. The van der Waals surface area contributed by atoms with Gasteiger partial charge in [0.15, 0.2) is 0 Å². The Balaban J connectivity index is 2.32. The number of nitrogens with two attached hydrogens (primary N) is 1. The van der Waals surface area contributed by atoms with E-state index in [0.717, 1.165) is 25.8 Å². The zero-order valence-corrected chi connectivity index (χ0v) is 5.51. The van der Waals surface area contributed by atoms with Crippen molar-refractivity contribution in [3.63, 3.8) is 0 Å². The standard InChI is InChI=1S/C6H14N2O/c7-5-3-1-2-4-8-6(5)9/h5-6,8-9H,1-4,7H2/t5-,6?/m1/s1. The molecule has 9 heavy (non-hydrogen) atoms. The number of rotatable bonds is 0. The normalized spacial score (nSPS) is 38.0. The highest BCUT2D eigenvalue weighted by atomic mass is 16.3. The van der Waals surface area contributed by atoms with E-state index in [0.29, 0.717) is 0 Å². The first-order valence-electron chi connectivity index (χ1n) is 3.48. The zero-order chi connectivity index (χ0) is 6.69. The summed E-state index contributed by atoms with van der Waals surface area (Å²) in [4.78, 5) is 0. The van der Waals surface area contributed by atoms with E-state index in [1.54, 1.807) is 0 Å². The zero-order valence-electron chi connectivity index (χ0n) is 5.51. The molecule has 1 saturated heterocycles. The maximum Gasteiger partial charge on any atom is 0.120 e. The summed E-state index contributed by atoms with van der Waals surface area (Å²) in [5.41, 5.74) is 5.57. The second-order valence-corrected chi connectivity index (χ2v) is 2.56. The fraction of sp³-hybridized carbons (Fsp3) is 1.00. The first-order valence-corrected chi connectivity index (χ1v) is 3.48. The molecule has 1 aliphatic rings. The summed E-state index contributed by atoms with van der Waals surface area (Å²) in [6.07, 6.45) is 2.72. The van der Waals surface area contributed by atoms with Crippen LogP contribution in [0.3, 0.4) is 0 Å². The average molecular weight is 130 g/mol. The quantitative estimate of drug-likeness (QED) is 0.410. The maximum absolute atomic E-state index is 9.12. The summed E-state index contributed by atoms with van der Waals surface area (Å²) in [5.74, 6) is 0. The highest BCUT2D eigenvalue weighted by Gasteiger charge is 2.15. The third-order valence-corrected chi connectivity index (χ3v) is 1.72. The van der Waals surface area contributed by atoms with Crippen LogP contribution in [0, 0.1) is 0 Å². The molecule has 0 aliphatic carbocycles.